The summed E-state index contributed by atoms with van der Waals surface area (Å²) in [6, 6.07) is 17.1. The zero-order valence-corrected chi connectivity index (χ0v) is 15.0. The molecule has 6 heteroatoms. The van der Waals surface area contributed by atoms with Crippen LogP contribution >= 0.6 is 23.4 Å². The van der Waals surface area contributed by atoms with Crippen LogP contribution in [-0.2, 0) is 13.1 Å². The Morgan fingerprint density at radius 2 is 2.04 bits per heavy atom. The van der Waals surface area contributed by atoms with Crippen molar-refractivity contribution in [2.24, 2.45) is 0 Å². The highest BCUT2D eigenvalue weighted by Crippen LogP contribution is 2.33. The molecule has 1 aliphatic heterocycles. The van der Waals surface area contributed by atoms with Gasteiger partial charge in [0, 0.05) is 28.4 Å². The average Bonchev–Trinajstić information content (AvgIpc) is 3.22. The molecule has 1 N–H and O–H groups in total. The molecule has 0 saturated carbocycles. The summed E-state index contributed by atoms with van der Waals surface area (Å²) in [4.78, 5) is 17.2. The number of nitrogens with zero attached hydrogens (tertiary/aromatic N) is 2. The molecule has 0 bridgehead atoms. The number of hydrogen-bond donors (Lipinski definition) is 1. The number of benzene rings is 2. The molecule has 0 spiro atoms. The van der Waals surface area contributed by atoms with Crippen molar-refractivity contribution in [3.8, 4) is 11.3 Å². The summed E-state index contributed by atoms with van der Waals surface area (Å²) in [5, 5.41) is 4.57. The monoisotopic (exact) mass is 369 g/mol. The van der Waals surface area contributed by atoms with Crippen molar-refractivity contribution in [3.05, 3.63) is 70.9 Å². The molecule has 25 heavy (non-hydrogen) atoms. The number of fused-ring (bicyclic) bond motifs is 1. The van der Waals surface area contributed by atoms with Crippen molar-refractivity contribution in [3.63, 3.8) is 0 Å². The van der Waals surface area contributed by atoms with Crippen molar-refractivity contribution in [2.75, 3.05) is 5.75 Å². The standard InChI is InChI=1S/C19H16ClN3OS/c20-15-8-4-7-14(11-15)18(24)21-12-16-17(13-5-2-1-3-6-13)22-19-23(16)9-10-25-19/h1-8,11H,9-10,12H2,(H,21,24). The summed E-state index contributed by atoms with van der Waals surface area (Å²) < 4.78 is 2.20. The Bertz CT molecular complexity index is 924. The third-order valence-corrected chi connectivity index (χ3v) is 5.33. The Labute approximate surface area is 155 Å². The summed E-state index contributed by atoms with van der Waals surface area (Å²) in [5.41, 5.74) is 3.61. The largest absolute Gasteiger partial charge is 0.346 e. The maximum absolute atomic E-state index is 12.4. The van der Waals surface area contributed by atoms with Gasteiger partial charge < -0.3 is 9.88 Å². The SMILES string of the molecule is O=C(NCc1c(-c2ccccc2)nc2n1CCS2)c1cccc(Cl)c1. The van der Waals surface area contributed by atoms with Crippen LogP contribution in [0.15, 0.2) is 59.8 Å². The van der Waals surface area contributed by atoms with Gasteiger partial charge in [0.1, 0.15) is 0 Å². The van der Waals surface area contributed by atoms with E-state index in [4.69, 9.17) is 16.6 Å². The van der Waals surface area contributed by atoms with E-state index in [0.29, 0.717) is 17.1 Å². The fourth-order valence-corrected chi connectivity index (χ4v) is 4.09. The van der Waals surface area contributed by atoms with Crippen LogP contribution in [0.1, 0.15) is 16.1 Å². The molecule has 0 fully saturated rings. The molecule has 1 aromatic heterocycles. The van der Waals surface area contributed by atoms with Crippen LogP contribution in [0.3, 0.4) is 0 Å². The molecule has 0 unspecified atom stereocenters. The summed E-state index contributed by atoms with van der Waals surface area (Å²) in [6.45, 7) is 1.35. The Balaban J connectivity index is 1.61. The number of carbonyl (C=O) groups is 1. The average molecular weight is 370 g/mol. The van der Waals surface area contributed by atoms with Gasteiger partial charge in [-0.25, -0.2) is 4.98 Å². The minimum Gasteiger partial charge on any atom is -0.346 e. The van der Waals surface area contributed by atoms with Crippen molar-refractivity contribution < 1.29 is 4.79 Å². The fourth-order valence-electron chi connectivity index (χ4n) is 2.93. The van der Waals surface area contributed by atoms with E-state index in [9.17, 15) is 4.79 Å². The first kappa shape index (κ1) is 16.2. The zero-order valence-electron chi connectivity index (χ0n) is 13.4. The van der Waals surface area contributed by atoms with E-state index >= 15 is 0 Å². The molecule has 1 amide bonds. The van der Waals surface area contributed by atoms with Crippen LogP contribution in [0.4, 0.5) is 0 Å². The smallest absolute Gasteiger partial charge is 0.251 e. The number of imidazole rings is 1. The molecular weight excluding hydrogens is 354 g/mol. The van der Waals surface area contributed by atoms with Crippen molar-refractivity contribution in [1.29, 1.82) is 0 Å². The van der Waals surface area contributed by atoms with Gasteiger partial charge in [-0.2, -0.15) is 0 Å². The molecule has 0 aliphatic carbocycles. The molecule has 3 aromatic rings. The van der Waals surface area contributed by atoms with Crippen molar-refractivity contribution >= 4 is 29.3 Å². The van der Waals surface area contributed by atoms with Crippen LogP contribution < -0.4 is 5.32 Å². The second kappa shape index (κ2) is 6.94. The van der Waals surface area contributed by atoms with E-state index in [1.807, 2.05) is 30.3 Å². The van der Waals surface area contributed by atoms with Gasteiger partial charge in [-0.15, -0.1) is 0 Å². The summed E-state index contributed by atoms with van der Waals surface area (Å²) in [5.74, 6) is 0.884. The minimum atomic E-state index is -0.136. The number of rotatable bonds is 4. The molecule has 4 nitrogen and oxygen atoms in total. The molecule has 2 heterocycles. The van der Waals surface area contributed by atoms with E-state index in [1.165, 1.54) is 0 Å². The van der Waals surface area contributed by atoms with Crippen molar-refractivity contribution in [2.45, 2.75) is 18.2 Å². The fraction of sp³-hybridized carbons (Fsp3) is 0.158. The molecule has 126 valence electrons. The Morgan fingerprint density at radius 1 is 1.20 bits per heavy atom. The first-order chi connectivity index (χ1) is 12.2. The Hall–Kier alpha value is -2.24. The minimum absolute atomic E-state index is 0.136. The molecular formula is C19H16ClN3OS. The molecule has 2 aromatic carbocycles. The highest BCUT2D eigenvalue weighted by atomic mass is 35.5. The summed E-state index contributed by atoms with van der Waals surface area (Å²) in [6.07, 6.45) is 0. The van der Waals surface area contributed by atoms with E-state index in [0.717, 1.165) is 34.4 Å². The first-order valence-corrected chi connectivity index (χ1v) is 9.40. The number of hydrogen-bond acceptors (Lipinski definition) is 3. The first-order valence-electron chi connectivity index (χ1n) is 8.04. The number of carbonyl (C=O) groups excluding carboxylic acids is 1. The third kappa shape index (κ3) is 3.30. The van der Waals surface area contributed by atoms with E-state index < -0.39 is 0 Å². The van der Waals surface area contributed by atoms with E-state index in [2.05, 4.69) is 9.88 Å². The highest BCUT2D eigenvalue weighted by Gasteiger charge is 2.22. The van der Waals surface area contributed by atoms with E-state index in [-0.39, 0.29) is 5.91 Å². The molecule has 0 atom stereocenters. The number of amides is 1. The van der Waals surface area contributed by atoms with Gasteiger partial charge in [0.25, 0.3) is 5.91 Å². The quantitative estimate of drug-likeness (QED) is 0.748. The van der Waals surface area contributed by atoms with Crippen LogP contribution in [-0.4, -0.2) is 21.2 Å². The topological polar surface area (TPSA) is 46.9 Å². The number of halogens is 1. The van der Waals surface area contributed by atoms with Gasteiger partial charge in [0.2, 0.25) is 0 Å². The molecule has 0 saturated heterocycles. The number of thioether (sulfide) groups is 1. The lowest BCUT2D eigenvalue weighted by Gasteiger charge is -2.10. The number of nitrogens with one attached hydrogen (secondary N) is 1. The maximum Gasteiger partial charge on any atom is 0.251 e. The predicted molar refractivity (Wildman–Crippen MR) is 101 cm³/mol. The molecule has 1 aliphatic rings. The van der Waals surface area contributed by atoms with Gasteiger partial charge in [0.05, 0.1) is 17.9 Å². The van der Waals surface area contributed by atoms with Crippen LogP contribution in [0, 0.1) is 0 Å². The lowest BCUT2D eigenvalue weighted by molar-refractivity contribution is 0.0950. The maximum atomic E-state index is 12.4. The van der Waals surface area contributed by atoms with Crippen LogP contribution in [0.25, 0.3) is 11.3 Å². The Kier molecular flexibility index (Phi) is 4.51. The second-order valence-corrected chi connectivity index (χ2v) is 7.25. The zero-order chi connectivity index (χ0) is 17.2. The predicted octanol–water partition coefficient (Wildman–Crippen LogP) is 4.24. The Morgan fingerprint density at radius 3 is 2.84 bits per heavy atom. The second-order valence-electron chi connectivity index (χ2n) is 5.75. The van der Waals surface area contributed by atoms with Gasteiger partial charge >= 0.3 is 0 Å². The van der Waals surface area contributed by atoms with Crippen molar-refractivity contribution in [1.82, 2.24) is 14.9 Å². The van der Waals surface area contributed by atoms with Gasteiger partial charge in [-0.1, -0.05) is 59.8 Å². The van der Waals surface area contributed by atoms with Gasteiger partial charge in [-0.05, 0) is 18.2 Å². The van der Waals surface area contributed by atoms with Crippen LogP contribution in [0.5, 0.6) is 0 Å². The number of aromatic nitrogens is 2. The summed E-state index contributed by atoms with van der Waals surface area (Å²) >= 11 is 7.73. The molecule has 0 radical (unpaired) electrons. The lowest BCUT2D eigenvalue weighted by atomic mass is 10.1. The lowest BCUT2D eigenvalue weighted by Crippen LogP contribution is -2.24. The third-order valence-electron chi connectivity index (χ3n) is 4.13. The van der Waals surface area contributed by atoms with Gasteiger partial charge in [-0.3, -0.25) is 4.79 Å². The van der Waals surface area contributed by atoms with Crippen LogP contribution in [0.2, 0.25) is 5.02 Å². The highest BCUT2D eigenvalue weighted by molar-refractivity contribution is 7.99. The summed E-state index contributed by atoms with van der Waals surface area (Å²) in [7, 11) is 0. The van der Waals surface area contributed by atoms with Gasteiger partial charge in [0.15, 0.2) is 5.16 Å². The normalized spacial score (nSPS) is 12.8. The van der Waals surface area contributed by atoms with E-state index in [1.54, 1.807) is 36.0 Å². The molecule has 4 rings (SSSR count).